The van der Waals surface area contributed by atoms with Gasteiger partial charge in [0.15, 0.2) is 0 Å². The molecule has 90 valence electrons. The van der Waals surface area contributed by atoms with Crippen LogP contribution in [0.25, 0.3) is 10.7 Å². The number of aromatic nitrogens is 2. The van der Waals surface area contributed by atoms with Gasteiger partial charge in [-0.3, -0.25) is 4.98 Å². The topological polar surface area (TPSA) is 66.2 Å². The van der Waals surface area contributed by atoms with Gasteiger partial charge in [-0.2, -0.15) is 0 Å². The van der Waals surface area contributed by atoms with Gasteiger partial charge in [0.05, 0.1) is 23.6 Å². The van der Waals surface area contributed by atoms with Gasteiger partial charge >= 0.3 is 0 Å². The van der Waals surface area contributed by atoms with Gasteiger partial charge in [0, 0.05) is 11.6 Å². The van der Waals surface area contributed by atoms with Crippen molar-refractivity contribution in [3.05, 3.63) is 35.0 Å². The molecule has 5 heteroatoms. The number of nitrogens with zero attached hydrogens (tertiary/aromatic N) is 2. The average Bonchev–Trinajstić information content (AvgIpc) is 2.76. The third-order valence-electron chi connectivity index (χ3n) is 2.40. The van der Waals surface area contributed by atoms with Crippen LogP contribution in [-0.2, 0) is 12.2 Å². The lowest BCUT2D eigenvalue weighted by molar-refractivity contribution is 0.0785. The molecule has 0 radical (unpaired) electrons. The van der Waals surface area contributed by atoms with Gasteiger partial charge in [-0.25, -0.2) is 4.98 Å². The van der Waals surface area contributed by atoms with Gasteiger partial charge in [-0.05, 0) is 31.5 Å². The Morgan fingerprint density at radius 3 is 2.76 bits per heavy atom. The van der Waals surface area contributed by atoms with Crippen LogP contribution < -0.4 is 0 Å². The summed E-state index contributed by atoms with van der Waals surface area (Å²) in [5.74, 6) is 0. The molecule has 0 saturated heterocycles. The highest BCUT2D eigenvalue weighted by atomic mass is 32.1. The Hall–Kier alpha value is -1.30. The van der Waals surface area contributed by atoms with E-state index in [4.69, 9.17) is 5.11 Å². The molecule has 2 aromatic heterocycles. The van der Waals surface area contributed by atoms with Crippen LogP contribution >= 0.6 is 11.3 Å². The zero-order valence-electron chi connectivity index (χ0n) is 9.71. The van der Waals surface area contributed by atoms with Crippen LogP contribution in [0.5, 0.6) is 0 Å². The predicted molar refractivity (Wildman–Crippen MR) is 66.5 cm³/mol. The molecule has 0 unspecified atom stereocenters. The van der Waals surface area contributed by atoms with Crippen molar-refractivity contribution in [1.29, 1.82) is 0 Å². The van der Waals surface area contributed by atoms with E-state index < -0.39 is 5.60 Å². The minimum absolute atomic E-state index is 0.0678. The molecule has 0 aliphatic carbocycles. The van der Waals surface area contributed by atoms with Gasteiger partial charge < -0.3 is 10.2 Å². The number of thiazole rings is 1. The van der Waals surface area contributed by atoms with E-state index in [-0.39, 0.29) is 6.61 Å². The summed E-state index contributed by atoms with van der Waals surface area (Å²) >= 11 is 1.43. The van der Waals surface area contributed by atoms with Crippen LogP contribution in [0.1, 0.15) is 25.1 Å². The minimum atomic E-state index is -0.894. The van der Waals surface area contributed by atoms with Gasteiger partial charge in [-0.15, -0.1) is 11.3 Å². The van der Waals surface area contributed by atoms with Crippen molar-refractivity contribution in [2.24, 2.45) is 0 Å². The second-order valence-corrected chi connectivity index (χ2v) is 5.15. The number of aliphatic hydroxyl groups is 2. The van der Waals surface area contributed by atoms with Crippen molar-refractivity contribution in [3.63, 3.8) is 0 Å². The third kappa shape index (κ3) is 2.69. The van der Waals surface area contributed by atoms with Crippen LogP contribution in [0.15, 0.2) is 23.7 Å². The van der Waals surface area contributed by atoms with Gasteiger partial charge in [0.25, 0.3) is 0 Å². The van der Waals surface area contributed by atoms with Crippen molar-refractivity contribution in [1.82, 2.24) is 9.97 Å². The Kier molecular flexibility index (Phi) is 3.24. The molecule has 0 fully saturated rings. The van der Waals surface area contributed by atoms with E-state index in [1.54, 1.807) is 31.5 Å². The molecule has 0 amide bonds. The second-order valence-electron chi connectivity index (χ2n) is 4.29. The number of hydrogen-bond acceptors (Lipinski definition) is 5. The number of rotatable bonds is 3. The summed E-state index contributed by atoms with van der Waals surface area (Å²) in [5.41, 5.74) is 1.26. The van der Waals surface area contributed by atoms with E-state index in [0.717, 1.165) is 10.6 Å². The molecular weight excluding hydrogens is 236 g/mol. The van der Waals surface area contributed by atoms with Crippen LogP contribution in [0.2, 0.25) is 0 Å². The van der Waals surface area contributed by atoms with Gasteiger partial charge in [0.1, 0.15) is 5.01 Å². The van der Waals surface area contributed by atoms with E-state index >= 15 is 0 Å². The van der Waals surface area contributed by atoms with Crippen LogP contribution in [0.3, 0.4) is 0 Å². The molecule has 0 aromatic carbocycles. The number of aliphatic hydroxyl groups excluding tert-OH is 1. The molecule has 2 rings (SSSR count). The first-order valence-electron chi connectivity index (χ1n) is 5.25. The molecule has 0 spiro atoms. The summed E-state index contributed by atoms with van der Waals surface area (Å²) in [7, 11) is 0. The molecule has 0 aliphatic heterocycles. The normalized spacial score (nSPS) is 11.8. The Labute approximate surface area is 104 Å². The van der Waals surface area contributed by atoms with E-state index in [9.17, 15) is 5.11 Å². The fourth-order valence-corrected chi connectivity index (χ4v) is 2.20. The maximum Gasteiger partial charge on any atom is 0.142 e. The van der Waals surface area contributed by atoms with E-state index in [1.165, 1.54) is 11.3 Å². The molecule has 2 aromatic rings. The zero-order chi connectivity index (χ0) is 12.5. The second kappa shape index (κ2) is 4.52. The first-order valence-corrected chi connectivity index (χ1v) is 6.13. The summed E-state index contributed by atoms with van der Waals surface area (Å²) in [5, 5.41) is 21.4. The first kappa shape index (κ1) is 12.2. The summed E-state index contributed by atoms with van der Waals surface area (Å²) in [4.78, 5) is 8.47. The molecule has 0 bridgehead atoms. The lowest BCUT2D eigenvalue weighted by Gasteiger charge is -2.17. The Morgan fingerprint density at radius 1 is 1.41 bits per heavy atom. The Balaban J connectivity index is 2.39. The lowest BCUT2D eigenvalue weighted by Crippen LogP contribution is -2.15. The van der Waals surface area contributed by atoms with Gasteiger partial charge in [0.2, 0.25) is 0 Å². The molecule has 2 heterocycles. The summed E-state index contributed by atoms with van der Waals surface area (Å²) in [6, 6.07) is 3.60. The quantitative estimate of drug-likeness (QED) is 0.873. The highest BCUT2D eigenvalue weighted by Crippen LogP contribution is 2.26. The third-order valence-corrected chi connectivity index (χ3v) is 3.31. The lowest BCUT2D eigenvalue weighted by atomic mass is 9.99. The standard InChI is InChI=1S/C12H14N2O2S/c1-12(2,16)8-3-4-13-10(5-8)11-14-9(6-15)7-17-11/h3-5,7,15-16H,6H2,1-2H3. The molecule has 4 nitrogen and oxygen atoms in total. The van der Waals surface area contributed by atoms with Crippen molar-refractivity contribution >= 4 is 11.3 Å². The largest absolute Gasteiger partial charge is 0.390 e. The van der Waals surface area contributed by atoms with E-state index in [2.05, 4.69) is 9.97 Å². The van der Waals surface area contributed by atoms with Crippen LogP contribution in [0.4, 0.5) is 0 Å². The highest BCUT2D eigenvalue weighted by Gasteiger charge is 2.17. The van der Waals surface area contributed by atoms with Crippen molar-refractivity contribution in [2.45, 2.75) is 26.1 Å². The summed E-state index contributed by atoms with van der Waals surface area (Å²) in [6.07, 6.45) is 1.66. The monoisotopic (exact) mass is 250 g/mol. The average molecular weight is 250 g/mol. The molecule has 0 aliphatic rings. The van der Waals surface area contributed by atoms with Crippen LogP contribution in [-0.4, -0.2) is 20.2 Å². The fourth-order valence-electron chi connectivity index (χ4n) is 1.43. The Morgan fingerprint density at radius 2 is 2.18 bits per heavy atom. The fraction of sp³-hybridized carbons (Fsp3) is 0.333. The molecular formula is C12H14N2O2S. The first-order chi connectivity index (χ1) is 8.00. The molecule has 2 N–H and O–H groups in total. The van der Waals surface area contributed by atoms with Crippen molar-refractivity contribution in [2.75, 3.05) is 0 Å². The number of pyridine rings is 1. The summed E-state index contributed by atoms with van der Waals surface area (Å²) in [6.45, 7) is 3.39. The maximum absolute atomic E-state index is 9.93. The SMILES string of the molecule is CC(C)(O)c1ccnc(-c2nc(CO)cs2)c1. The van der Waals surface area contributed by atoms with Gasteiger partial charge in [-0.1, -0.05) is 0 Å². The molecule has 0 saturated carbocycles. The van der Waals surface area contributed by atoms with Crippen molar-refractivity contribution in [3.8, 4) is 10.7 Å². The minimum Gasteiger partial charge on any atom is -0.390 e. The van der Waals surface area contributed by atoms with Crippen LogP contribution in [0, 0.1) is 0 Å². The predicted octanol–water partition coefficient (Wildman–Crippen LogP) is 1.92. The zero-order valence-corrected chi connectivity index (χ0v) is 10.5. The van der Waals surface area contributed by atoms with E-state index in [1.807, 2.05) is 6.07 Å². The maximum atomic E-state index is 9.93. The highest BCUT2D eigenvalue weighted by molar-refractivity contribution is 7.13. The molecule has 0 atom stereocenters. The summed E-state index contributed by atoms with van der Waals surface area (Å²) < 4.78 is 0. The van der Waals surface area contributed by atoms with E-state index in [0.29, 0.717) is 11.4 Å². The Bertz CT molecular complexity index is 517. The number of hydrogen-bond donors (Lipinski definition) is 2. The van der Waals surface area contributed by atoms with Crippen molar-refractivity contribution < 1.29 is 10.2 Å². The smallest absolute Gasteiger partial charge is 0.142 e. The molecule has 17 heavy (non-hydrogen) atoms.